The van der Waals surface area contributed by atoms with E-state index >= 15 is 4.79 Å². The van der Waals surface area contributed by atoms with E-state index in [0.29, 0.717) is 60.0 Å². The molecule has 1 N–H and O–H groups in total. The van der Waals surface area contributed by atoms with E-state index in [1.807, 2.05) is 62.6 Å². The molecule has 19 heteroatoms. The van der Waals surface area contributed by atoms with Crippen LogP contribution in [0.2, 0.25) is 0 Å². The molecule has 0 radical (unpaired) electrons. The van der Waals surface area contributed by atoms with Gasteiger partial charge in [0, 0.05) is 55.1 Å². The van der Waals surface area contributed by atoms with Crippen LogP contribution < -0.4 is 14.2 Å². The Morgan fingerprint density at radius 2 is 1.78 bits per heavy atom. The van der Waals surface area contributed by atoms with Gasteiger partial charge in [0.05, 0.1) is 53.5 Å². The summed E-state index contributed by atoms with van der Waals surface area (Å²) in [6.45, 7) is 8.27. The van der Waals surface area contributed by atoms with Crippen molar-refractivity contribution in [3.05, 3.63) is 60.1 Å². The first kappa shape index (κ1) is 50.5. The maximum absolute atomic E-state index is 15.2. The zero-order valence-corrected chi connectivity index (χ0v) is 41.2. The second kappa shape index (κ2) is 19.7. The molecule has 14 nitrogen and oxygen atoms in total. The van der Waals surface area contributed by atoms with E-state index in [1.54, 1.807) is 32.2 Å². The molecule has 2 saturated heterocycles. The van der Waals surface area contributed by atoms with Crippen molar-refractivity contribution in [3.63, 3.8) is 0 Å². The van der Waals surface area contributed by atoms with E-state index < -0.39 is 111 Å². The molecule has 3 aliphatic heterocycles. The van der Waals surface area contributed by atoms with Gasteiger partial charge in [0.15, 0.2) is 5.78 Å². The number of hydrogen-bond acceptors (Lipinski definition) is 13. The number of ketones is 1. The maximum atomic E-state index is 15.2. The van der Waals surface area contributed by atoms with Gasteiger partial charge < -0.3 is 23.8 Å². The molecule has 5 heterocycles. The van der Waals surface area contributed by atoms with Crippen molar-refractivity contribution in [2.45, 2.75) is 140 Å². The first-order chi connectivity index (χ1) is 32.6. The molecule has 8 rings (SSSR count). The summed E-state index contributed by atoms with van der Waals surface area (Å²) in [6.07, 6.45) is 0.710. The van der Waals surface area contributed by atoms with Crippen molar-refractivity contribution >= 4 is 44.9 Å². The van der Waals surface area contributed by atoms with Gasteiger partial charge in [-0.05, 0) is 108 Å². The minimum atomic E-state index is -4.93. The van der Waals surface area contributed by atoms with Crippen LogP contribution in [-0.2, 0) is 38.7 Å². The van der Waals surface area contributed by atoms with E-state index in [2.05, 4.69) is 9.71 Å². The predicted molar refractivity (Wildman–Crippen MR) is 250 cm³/mol. The van der Waals surface area contributed by atoms with E-state index in [0.717, 1.165) is 5.56 Å². The van der Waals surface area contributed by atoms with Crippen molar-refractivity contribution in [2.24, 2.45) is 29.1 Å². The molecule has 0 bridgehead atoms. The summed E-state index contributed by atoms with van der Waals surface area (Å²) in [5.41, 5.74) is -2.47. The highest BCUT2D eigenvalue weighted by atomic mass is 32.2. The second-order valence-corrected chi connectivity index (χ2v) is 23.4. The topological polar surface area (TPSA) is 180 Å². The van der Waals surface area contributed by atoms with Gasteiger partial charge in [0.25, 0.3) is 0 Å². The van der Waals surface area contributed by atoms with Crippen LogP contribution in [0, 0.1) is 29.1 Å². The molecule has 374 valence electrons. The number of thiazole rings is 1. The number of fused-ring (bicyclic) bond motifs is 2. The lowest BCUT2D eigenvalue weighted by atomic mass is 9.82. The SMILES string of the molecule is CC(C)Oc1ccc(-c2cc(O[C@@H]3C[C@H]4C(=O)C[C@]5(C(=O)NS(=O)(=O)C6(C)CC6)C[C@H]5/C=C\CC[C@H](C)C[C@@H](C)[C@H](CC(=O)OC5(C(F)(F)F)CCCOC5)C(=O)N4C3)cc(-c3nccs3)n2)cc1. The fraction of sp³-hybridized carbons (Fsp3) is 0.600. The summed E-state index contributed by atoms with van der Waals surface area (Å²) in [6, 6.07) is 9.66. The highest BCUT2D eigenvalue weighted by Gasteiger charge is 2.63. The third-order valence-corrected chi connectivity index (χ3v) is 17.4. The minimum absolute atomic E-state index is 0.00927. The molecule has 1 aromatic carbocycles. The van der Waals surface area contributed by atoms with Gasteiger partial charge in [-0.2, -0.15) is 13.2 Å². The van der Waals surface area contributed by atoms with Crippen LogP contribution in [0.25, 0.3) is 22.0 Å². The summed E-state index contributed by atoms with van der Waals surface area (Å²) in [4.78, 5) is 68.9. The van der Waals surface area contributed by atoms with Gasteiger partial charge in [0.2, 0.25) is 27.4 Å². The number of benzene rings is 1. The summed E-state index contributed by atoms with van der Waals surface area (Å²) >= 11 is 1.38. The predicted octanol–water partition coefficient (Wildman–Crippen LogP) is 8.64. The quantitative estimate of drug-likeness (QED) is 0.135. The van der Waals surface area contributed by atoms with Crippen LogP contribution in [-0.4, -0.2) is 101 Å². The average molecular weight is 999 g/mol. The minimum Gasteiger partial charge on any atom is -0.491 e. The van der Waals surface area contributed by atoms with Gasteiger partial charge in [-0.3, -0.25) is 23.9 Å². The van der Waals surface area contributed by atoms with Gasteiger partial charge in [-0.15, -0.1) is 11.3 Å². The van der Waals surface area contributed by atoms with Crippen molar-refractivity contribution in [2.75, 3.05) is 19.8 Å². The normalized spacial score (nSPS) is 30.0. The molecular weight excluding hydrogens is 938 g/mol. The number of nitrogens with one attached hydrogen (secondary N) is 1. The molecule has 4 fully saturated rings. The number of carbonyl (C=O) groups excluding carboxylic acids is 4. The molecule has 2 saturated carbocycles. The average Bonchev–Trinajstić information content (AvgIpc) is 4.04. The molecule has 1 unspecified atom stereocenters. The Labute approximate surface area is 405 Å². The second-order valence-electron chi connectivity index (χ2n) is 20.3. The smallest absolute Gasteiger partial charge is 0.430 e. The largest absolute Gasteiger partial charge is 0.491 e. The van der Waals surface area contributed by atoms with Crippen molar-refractivity contribution in [1.82, 2.24) is 19.6 Å². The molecule has 8 atom stereocenters. The Bertz CT molecular complexity index is 2530. The lowest BCUT2D eigenvalue weighted by Gasteiger charge is -2.38. The highest BCUT2D eigenvalue weighted by molar-refractivity contribution is 7.91. The first-order valence-corrected chi connectivity index (χ1v) is 26.3. The molecule has 2 aromatic heterocycles. The number of aromatic nitrogens is 2. The Kier molecular flexibility index (Phi) is 14.4. The number of nitrogens with zero attached hydrogens (tertiary/aromatic N) is 3. The molecule has 2 amide bonds. The number of alkyl halides is 3. The third-order valence-electron chi connectivity index (χ3n) is 14.5. The van der Waals surface area contributed by atoms with Gasteiger partial charge in [-0.25, -0.2) is 18.4 Å². The number of carbonyl (C=O) groups is 4. The summed E-state index contributed by atoms with van der Waals surface area (Å²) in [7, 11) is -4.06. The van der Waals surface area contributed by atoms with Crippen molar-refractivity contribution < 1.29 is 59.7 Å². The fourth-order valence-corrected chi connectivity index (χ4v) is 11.9. The molecular formula is C50H61F3N4O10S2. The van der Waals surface area contributed by atoms with Crippen LogP contribution in [0.3, 0.4) is 0 Å². The number of Topliss-reactive ketones (excluding diaryl/α,β-unsaturated/α-hetero) is 1. The lowest BCUT2D eigenvalue weighted by Crippen LogP contribution is -2.55. The summed E-state index contributed by atoms with van der Waals surface area (Å²) in [5, 5.41) is 2.43. The van der Waals surface area contributed by atoms with Crippen LogP contribution in [0.1, 0.15) is 105 Å². The number of sulfonamides is 1. The zero-order chi connectivity index (χ0) is 49.5. The van der Waals surface area contributed by atoms with Crippen LogP contribution >= 0.6 is 11.3 Å². The number of ether oxygens (including phenoxy) is 4. The summed E-state index contributed by atoms with van der Waals surface area (Å²) in [5.74, 6) is -4.30. The van der Waals surface area contributed by atoms with E-state index in [-0.39, 0.29) is 44.4 Å². The Morgan fingerprint density at radius 3 is 2.43 bits per heavy atom. The van der Waals surface area contributed by atoms with E-state index in [9.17, 15) is 36.0 Å². The Balaban J connectivity index is 1.14. The molecule has 5 aliphatic rings. The monoisotopic (exact) mass is 998 g/mol. The molecule has 2 aliphatic carbocycles. The van der Waals surface area contributed by atoms with Gasteiger partial charge >= 0.3 is 12.1 Å². The van der Waals surface area contributed by atoms with Gasteiger partial charge in [-0.1, -0.05) is 26.0 Å². The number of halogens is 3. The standard InChI is InChI=1S/C50H61F3N4O10S2/c1-30(2)65-35-13-11-33(12-14-35)39-22-36(23-40(55-39)44-54-18-20-68-44)66-37-24-41-42(58)27-48(46(61)56-69(62,63)47(5)16-17-47)26-34(48)10-7-6-9-31(3)21-32(4)38(45(60)57(41)28-37)25-43(59)67-49(50(51,52)53)15-8-19-64-29-49/h7,10-14,18,20,22-23,30-32,34,37-38,41H,6,8-9,15-17,19,21,24-29H2,1-5H3,(H,56,61)/b10-7-/t31-,32+,34+,37+,38-,41-,48+,49?/m0/s1. The number of amides is 2. The molecule has 0 spiro atoms. The number of allylic oxidation sites excluding steroid dienone is 2. The van der Waals surface area contributed by atoms with E-state index in [1.165, 1.54) is 16.2 Å². The fourth-order valence-electron chi connectivity index (χ4n) is 10.0. The molecule has 69 heavy (non-hydrogen) atoms. The number of esters is 1. The zero-order valence-electron chi connectivity index (χ0n) is 39.6. The van der Waals surface area contributed by atoms with E-state index in [4.69, 9.17) is 23.9 Å². The Morgan fingerprint density at radius 1 is 1.04 bits per heavy atom. The van der Waals surface area contributed by atoms with Crippen LogP contribution in [0.4, 0.5) is 13.2 Å². The molecule has 3 aromatic rings. The summed E-state index contributed by atoms with van der Waals surface area (Å²) < 4.78 is 94.7. The number of pyridine rings is 1. The van der Waals surface area contributed by atoms with Crippen LogP contribution in [0.15, 0.2) is 60.1 Å². The van der Waals surface area contributed by atoms with Crippen LogP contribution in [0.5, 0.6) is 11.5 Å². The highest BCUT2D eigenvalue weighted by Crippen LogP contribution is 2.58. The Hall–Kier alpha value is -4.88. The maximum Gasteiger partial charge on any atom is 0.430 e. The number of rotatable bonds is 12. The van der Waals surface area contributed by atoms with Gasteiger partial charge in [0.1, 0.15) is 28.3 Å². The first-order valence-electron chi connectivity index (χ1n) is 23.9. The van der Waals surface area contributed by atoms with Crippen molar-refractivity contribution in [3.8, 4) is 33.5 Å². The van der Waals surface area contributed by atoms with Crippen molar-refractivity contribution in [1.29, 1.82) is 0 Å². The lowest BCUT2D eigenvalue weighted by molar-refractivity contribution is -0.295. The number of hydrogen-bond donors (Lipinski definition) is 1. The third kappa shape index (κ3) is 11.0.